The zero-order valence-corrected chi connectivity index (χ0v) is 15.9. The van der Waals surface area contributed by atoms with Gasteiger partial charge in [-0.05, 0) is 19.1 Å². The highest BCUT2D eigenvalue weighted by Crippen LogP contribution is 2.35. The van der Waals surface area contributed by atoms with Crippen LogP contribution in [0.15, 0.2) is 46.7 Å². The summed E-state index contributed by atoms with van der Waals surface area (Å²) in [5, 5.41) is 14.3. The number of aliphatic imine (C=N–C) groups is 1. The molecule has 0 bridgehead atoms. The molecule has 1 aliphatic rings. The van der Waals surface area contributed by atoms with Gasteiger partial charge in [0.2, 0.25) is 0 Å². The number of nitrogens with one attached hydrogen (secondary N) is 2. The monoisotopic (exact) mass is 424 g/mol. The first kappa shape index (κ1) is 20.8. The molecule has 0 saturated carbocycles. The van der Waals surface area contributed by atoms with Crippen LogP contribution in [0.5, 0.6) is 0 Å². The Hall–Kier alpha value is -2.91. The van der Waals surface area contributed by atoms with Crippen LogP contribution in [0.3, 0.4) is 0 Å². The third-order valence-electron chi connectivity index (χ3n) is 4.17. The molecule has 1 amide bonds. The lowest BCUT2D eigenvalue weighted by Crippen LogP contribution is -2.38. The van der Waals surface area contributed by atoms with Crippen LogP contribution < -0.4 is 10.6 Å². The summed E-state index contributed by atoms with van der Waals surface area (Å²) in [6.45, 7) is 1.30. The van der Waals surface area contributed by atoms with Crippen molar-refractivity contribution in [2.75, 3.05) is 13.2 Å². The first-order valence-corrected chi connectivity index (χ1v) is 8.90. The van der Waals surface area contributed by atoms with E-state index in [0.29, 0.717) is 17.3 Å². The molecular weight excluding hydrogens is 409 g/mol. The smallest absolute Gasteiger partial charge is 0.251 e. The van der Waals surface area contributed by atoms with Crippen molar-refractivity contribution in [3.8, 4) is 0 Å². The van der Waals surface area contributed by atoms with E-state index in [4.69, 9.17) is 16.7 Å². The zero-order chi connectivity index (χ0) is 21.1. The van der Waals surface area contributed by atoms with Gasteiger partial charge < -0.3 is 15.7 Å². The number of halogens is 4. The van der Waals surface area contributed by atoms with Crippen LogP contribution in [0, 0.1) is 17.5 Å². The third kappa shape index (κ3) is 4.41. The Labute approximate surface area is 169 Å². The Balaban J connectivity index is 2.12. The minimum absolute atomic E-state index is 0.00417. The molecule has 1 unspecified atom stereocenters. The molecule has 1 atom stereocenters. The number of amides is 1. The van der Waals surface area contributed by atoms with Gasteiger partial charge in [0.1, 0.15) is 23.4 Å². The predicted molar refractivity (Wildman–Crippen MR) is 101 cm³/mol. The Bertz CT molecular complexity index is 1030. The number of hydrogen-bond donors (Lipinski definition) is 3. The Morgan fingerprint density at radius 3 is 2.69 bits per heavy atom. The number of benzene rings is 1. The molecule has 3 N–H and O–H groups in total. The van der Waals surface area contributed by atoms with Crippen LogP contribution in [-0.2, 0) is 4.79 Å². The fourth-order valence-corrected chi connectivity index (χ4v) is 3.16. The Kier molecular flexibility index (Phi) is 6.19. The molecule has 2 heterocycles. The van der Waals surface area contributed by atoms with Crippen molar-refractivity contribution in [2.45, 2.75) is 13.0 Å². The van der Waals surface area contributed by atoms with Crippen LogP contribution in [0.1, 0.15) is 24.2 Å². The number of pyridine rings is 1. The summed E-state index contributed by atoms with van der Waals surface area (Å²) in [6, 6.07) is 3.26. The van der Waals surface area contributed by atoms with Crippen molar-refractivity contribution in [1.82, 2.24) is 15.6 Å². The van der Waals surface area contributed by atoms with Crippen molar-refractivity contribution in [3.63, 3.8) is 0 Å². The van der Waals surface area contributed by atoms with Crippen LogP contribution >= 0.6 is 11.6 Å². The lowest BCUT2D eigenvalue weighted by molar-refractivity contribution is -0.118. The largest absolute Gasteiger partial charge is 0.395 e. The molecule has 0 aliphatic carbocycles. The Morgan fingerprint density at radius 2 is 2.03 bits per heavy atom. The lowest BCUT2D eigenvalue weighted by atomic mass is 9.95. The molecule has 1 aromatic carbocycles. The molecule has 29 heavy (non-hydrogen) atoms. The number of amidine groups is 1. The summed E-state index contributed by atoms with van der Waals surface area (Å²) in [5.41, 5.74) is 0.534. The van der Waals surface area contributed by atoms with Gasteiger partial charge in [0.05, 0.1) is 18.4 Å². The van der Waals surface area contributed by atoms with Crippen LogP contribution in [0.4, 0.5) is 13.2 Å². The van der Waals surface area contributed by atoms with Crippen molar-refractivity contribution in [1.29, 1.82) is 0 Å². The molecule has 0 radical (unpaired) electrons. The minimum atomic E-state index is -1.01. The zero-order valence-electron chi connectivity index (χ0n) is 15.1. The van der Waals surface area contributed by atoms with Crippen molar-refractivity contribution < 1.29 is 23.1 Å². The number of hydrogen-bond acceptors (Lipinski definition) is 5. The Morgan fingerprint density at radius 1 is 1.28 bits per heavy atom. The van der Waals surface area contributed by atoms with Crippen LogP contribution in [0.2, 0.25) is 5.02 Å². The van der Waals surface area contributed by atoms with E-state index in [-0.39, 0.29) is 35.3 Å². The second kappa shape index (κ2) is 8.62. The normalized spacial score (nSPS) is 16.3. The first-order chi connectivity index (χ1) is 13.8. The number of carbonyl (C=O) groups excluding carboxylic acids is 1. The van der Waals surface area contributed by atoms with E-state index in [2.05, 4.69) is 20.6 Å². The molecule has 10 heteroatoms. The number of aromatic nitrogens is 1. The van der Waals surface area contributed by atoms with E-state index in [0.717, 1.165) is 18.3 Å². The number of nitrogens with zero attached hydrogens (tertiary/aromatic N) is 2. The van der Waals surface area contributed by atoms with Crippen molar-refractivity contribution >= 4 is 23.3 Å². The molecule has 3 rings (SSSR count). The summed E-state index contributed by atoms with van der Waals surface area (Å²) in [4.78, 5) is 20.7. The topological polar surface area (TPSA) is 86.6 Å². The summed E-state index contributed by atoms with van der Waals surface area (Å²) in [7, 11) is 0. The average Bonchev–Trinajstić information content (AvgIpc) is 2.65. The third-order valence-corrected chi connectivity index (χ3v) is 4.50. The predicted octanol–water partition coefficient (Wildman–Crippen LogP) is 2.63. The highest BCUT2D eigenvalue weighted by atomic mass is 35.5. The number of allylic oxidation sites excluding steroid dienone is 1. The van der Waals surface area contributed by atoms with E-state index >= 15 is 0 Å². The van der Waals surface area contributed by atoms with Crippen LogP contribution in [0.25, 0.3) is 0 Å². The van der Waals surface area contributed by atoms with Gasteiger partial charge in [-0.15, -0.1) is 0 Å². The van der Waals surface area contributed by atoms with Gasteiger partial charge in [-0.3, -0.25) is 9.79 Å². The molecular formula is C19H16ClF3N4O2. The maximum absolute atomic E-state index is 14.2. The number of carbonyl (C=O) groups is 1. The van der Waals surface area contributed by atoms with Gasteiger partial charge in [-0.2, -0.15) is 0 Å². The summed E-state index contributed by atoms with van der Waals surface area (Å²) >= 11 is 6.17. The number of aliphatic hydroxyl groups is 1. The maximum Gasteiger partial charge on any atom is 0.251 e. The highest BCUT2D eigenvalue weighted by molar-refractivity contribution is 6.31. The van der Waals surface area contributed by atoms with Crippen molar-refractivity contribution in [3.05, 3.63) is 75.5 Å². The second-order valence-corrected chi connectivity index (χ2v) is 6.58. The van der Waals surface area contributed by atoms with Crippen molar-refractivity contribution in [2.24, 2.45) is 4.99 Å². The molecule has 6 nitrogen and oxygen atoms in total. The first-order valence-electron chi connectivity index (χ1n) is 8.52. The maximum atomic E-state index is 14.2. The molecule has 2 aromatic rings. The quantitative estimate of drug-likeness (QED) is 0.688. The van der Waals surface area contributed by atoms with Gasteiger partial charge in [0.25, 0.3) is 5.91 Å². The van der Waals surface area contributed by atoms with Gasteiger partial charge in [0.15, 0.2) is 11.7 Å². The lowest BCUT2D eigenvalue weighted by Gasteiger charge is -2.27. The molecule has 0 saturated heterocycles. The van der Waals surface area contributed by atoms with Crippen LogP contribution in [-0.4, -0.2) is 35.0 Å². The van der Waals surface area contributed by atoms with E-state index in [9.17, 15) is 18.0 Å². The molecule has 0 spiro atoms. The van der Waals surface area contributed by atoms with Gasteiger partial charge in [0, 0.05) is 28.9 Å². The summed E-state index contributed by atoms with van der Waals surface area (Å²) in [5.74, 6) is -2.94. The number of rotatable bonds is 5. The summed E-state index contributed by atoms with van der Waals surface area (Å²) in [6.07, 6.45) is 0.838. The molecule has 1 aliphatic heterocycles. The average molecular weight is 425 g/mol. The molecule has 1 aromatic heterocycles. The fourth-order valence-electron chi connectivity index (χ4n) is 2.89. The van der Waals surface area contributed by atoms with E-state index < -0.39 is 29.4 Å². The highest BCUT2D eigenvalue weighted by Gasteiger charge is 2.32. The van der Waals surface area contributed by atoms with Gasteiger partial charge in [-0.25, -0.2) is 18.2 Å². The second-order valence-electron chi connectivity index (χ2n) is 6.17. The molecule has 152 valence electrons. The van der Waals surface area contributed by atoms with E-state index in [1.165, 1.54) is 6.07 Å². The standard InChI is InChI=1S/C19H16ClF3N4O2/c1-9-15(19(29)24-4-5-28)16(12-3-2-10(21)6-13(12)20)27-18(26-9)17-14(23)7-11(22)8-25-17/h2-3,6-8,16,28H,4-5H2,1H3,(H,24,29)(H,26,27). The minimum Gasteiger partial charge on any atom is -0.395 e. The van der Waals surface area contributed by atoms with E-state index in [1.807, 2.05) is 0 Å². The van der Waals surface area contributed by atoms with Gasteiger partial charge in [-0.1, -0.05) is 17.7 Å². The van der Waals surface area contributed by atoms with E-state index in [1.54, 1.807) is 6.92 Å². The number of aliphatic hydroxyl groups excluding tert-OH is 1. The fraction of sp³-hybridized carbons (Fsp3) is 0.211. The van der Waals surface area contributed by atoms with Gasteiger partial charge >= 0.3 is 0 Å². The SMILES string of the molecule is CC1=C(C(=O)NCCO)C(c2ccc(F)cc2Cl)N=C(c2ncc(F)cc2F)N1. The molecule has 0 fully saturated rings. The summed E-state index contributed by atoms with van der Waals surface area (Å²) < 4.78 is 40.9.